The van der Waals surface area contributed by atoms with Gasteiger partial charge < -0.3 is 39.3 Å². The molecule has 1 saturated heterocycles. The van der Waals surface area contributed by atoms with Crippen molar-refractivity contribution < 1.29 is 47.2 Å². The highest BCUT2D eigenvalue weighted by atomic mass is 19.4. The fraction of sp³-hybridized carbons (Fsp3) is 0.350. The average molecular weight is 457 g/mol. The molecule has 1 aromatic carbocycles. The monoisotopic (exact) mass is 457 g/mol. The van der Waals surface area contributed by atoms with Crippen molar-refractivity contribution in [3.05, 3.63) is 52.6 Å². The molecule has 0 aliphatic carbocycles. The number of hydrogen-bond donors (Lipinski definition) is 5. The van der Waals surface area contributed by atoms with E-state index in [9.17, 15) is 33.3 Å². The topological polar surface area (TPSA) is 146 Å². The number of nitrogens with one attached hydrogen (secondary N) is 1. The van der Waals surface area contributed by atoms with E-state index in [4.69, 9.17) is 18.7 Å². The summed E-state index contributed by atoms with van der Waals surface area (Å²) in [5.74, 6) is -0.298. The third kappa shape index (κ3) is 3.87. The van der Waals surface area contributed by atoms with Crippen LogP contribution in [0.4, 0.5) is 18.9 Å². The van der Waals surface area contributed by atoms with E-state index in [1.54, 1.807) is 0 Å². The zero-order chi connectivity index (χ0) is 23.2. The lowest BCUT2D eigenvalue weighted by molar-refractivity contribution is -0.245. The highest BCUT2D eigenvalue weighted by molar-refractivity contribution is 5.88. The van der Waals surface area contributed by atoms with Gasteiger partial charge in [0.2, 0.25) is 0 Å². The van der Waals surface area contributed by atoms with E-state index >= 15 is 0 Å². The summed E-state index contributed by atoms with van der Waals surface area (Å²) in [7, 11) is 0. The van der Waals surface area contributed by atoms with Crippen LogP contribution in [0.5, 0.6) is 0 Å². The van der Waals surface area contributed by atoms with Gasteiger partial charge in [-0.15, -0.1) is 0 Å². The predicted octanol–water partition coefficient (Wildman–Crippen LogP) is 1.28. The molecular formula is C20H18F3NO8. The average Bonchev–Trinajstić information content (AvgIpc) is 3.26. The minimum absolute atomic E-state index is 0.0703. The molecule has 32 heavy (non-hydrogen) atoms. The van der Waals surface area contributed by atoms with Crippen LogP contribution in [-0.2, 0) is 10.9 Å². The fourth-order valence-electron chi connectivity index (χ4n) is 3.68. The van der Waals surface area contributed by atoms with Crippen LogP contribution >= 0.6 is 0 Å². The molecule has 172 valence electrons. The van der Waals surface area contributed by atoms with Gasteiger partial charge in [0, 0.05) is 17.1 Å². The largest absolute Gasteiger partial charge is 0.464 e. The number of benzene rings is 1. The number of alkyl halides is 3. The number of rotatable bonds is 4. The molecular weight excluding hydrogens is 439 g/mol. The quantitative estimate of drug-likeness (QED) is 0.366. The molecule has 1 aliphatic rings. The van der Waals surface area contributed by atoms with E-state index in [2.05, 4.69) is 5.32 Å². The molecule has 1 fully saturated rings. The summed E-state index contributed by atoms with van der Waals surface area (Å²) in [5, 5.41) is 41.6. The molecule has 0 spiro atoms. The molecule has 0 saturated carbocycles. The molecule has 12 heteroatoms. The lowest BCUT2D eigenvalue weighted by atomic mass is 9.96. The Morgan fingerprint density at radius 3 is 2.47 bits per heavy atom. The van der Waals surface area contributed by atoms with E-state index < -0.39 is 71.1 Å². The lowest BCUT2D eigenvalue weighted by Gasteiger charge is -2.40. The Labute approximate surface area is 177 Å². The van der Waals surface area contributed by atoms with E-state index in [-0.39, 0.29) is 11.4 Å². The Morgan fingerprint density at radius 1 is 1.09 bits per heavy atom. The van der Waals surface area contributed by atoms with Crippen molar-refractivity contribution in [1.82, 2.24) is 0 Å². The third-order valence-electron chi connectivity index (χ3n) is 5.19. The Kier molecular flexibility index (Phi) is 5.73. The normalized spacial score (nSPS) is 26.4. The van der Waals surface area contributed by atoms with E-state index in [0.29, 0.717) is 0 Å². The molecule has 0 amide bonds. The number of hydrogen-bond acceptors (Lipinski definition) is 9. The molecule has 9 nitrogen and oxygen atoms in total. The molecule has 5 N–H and O–H groups in total. The van der Waals surface area contributed by atoms with Crippen LogP contribution in [0.2, 0.25) is 0 Å². The van der Waals surface area contributed by atoms with Crippen LogP contribution in [0, 0.1) is 0 Å². The molecule has 3 heterocycles. The van der Waals surface area contributed by atoms with Crippen LogP contribution < -0.4 is 10.9 Å². The smallest absolute Gasteiger partial charge is 0.418 e. The highest BCUT2D eigenvalue weighted by Crippen LogP contribution is 2.40. The molecule has 0 radical (unpaired) electrons. The van der Waals surface area contributed by atoms with Crippen LogP contribution in [0.1, 0.15) is 5.56 Å². The van der Waals surface area contributed by atoms with Crippen molar-refractivity contribution in [1.29, 1.82) is 0 Å². The summed E-state index contributed by atoms with van der Waals surface area (Å²) in [6.45, 7) is -0.651. The van der Waals surface area contributed by atoms with Gasteiger partial charge in [0.25, 0.3) is 0 Å². The second-order valence-corrected chi connectivity index (χ2v) is 7.22. The van der Waals surface area contributed by atoms with Gasteiger partial charge in [0.15, 0.2) is 6.29 Å². The molecule has 5 atom stereocenters. The Bertz CT molecular complexity index is 1160. The van der Waals surface area contributed by atoms with Gasteiger partial charge in [-0.2, -0.15) is 13.2 Å². The molecule has 2 aromatic heterocycles. The summed E-state index contributed by atoms with van der Waals surface area (Å²) in [5.41, 5.74) is -3.59. The first-order valence-corrected chi connectivity index (χ1v) is 9.41. The van der Waals surface area contributed by atoms with E-state index in [1.807, 2.05) is 0 Å². The van der Waals surface area contributed by atoms with Gasteiger partial charge in [-0.05, 0) is 24.3 Å². The lowest BCUT2D eigenvalue weighted by Crippen LogP contribution is -2.61. The van der Waals surface area contributed by atoms with E-state index in [0.717, 1.165) is 18.4 Å². The van der Waals surface area contributed by atoms with Crippen LogP contribution in [0.25, 0.3) is 22.3 Å². The first-order chi connectivity index (χ1) is 15.1. The molecule has 4 rings (SSSR count). The molecule has 1 aliphatic heterocycles. The van der Waals surface area contributed by atoms with Crippen LogP contribution in [0.15, 0.2) is 50.2 Å². The number of aliphatic hydroxyl groups is 4. The summed E-state index contributed by atoms with van der Waals surface area (Å²) in [6.07, 6.45) is -9.76. The Hall–Kier alpha value is -2.90. The van der Waals surface area contributed by atoms with Gasteiger partial charge in [-0.25, -0.2) is 4.79 Å². The maximum Gasteiger partial charge on any atom is 0.418 e. The standard InChI is InChI=1S/C20H18F3NO8/c21-20(22,23)14-9-4-3-8(24-15-17(27)16(26)12(7-25)32-19(15)29)6-11(9)31-18(28)13(14)10-2-1-5-30-10/h1-6,12,15-17,19,24-27,29H,7H2/t12?,15?,16-,17?,19?/m0/s1. The first kappa shape index (κ1) is 22.3. The maximum absolute atomic E-state index is 13.9. The Morgan fingerprint density at radius 2 is 1.84 bits per heavy atom. The van der Waals surface area contributed by atoms with Gasteiger partial charge in [-0.1, -0.05) is 0 Å². The maximum atomic E-state index is 13.9. The number of ether oxygens (including phenoxy) is 1. The zero-order valence-corrected chi connectivity index (χ0v) is 16.1. The summed E-state index contributed by atoms with van der Waals surface area (Å²) in [4.78, 5) is 12.4. The summed E-state index contributed by atoms with van der Waals surface area (Å²) < 4.78 is 56.7. The molecule has 4 unspecified atom stereocenters. The van der Waals surface area contributed by atoms with Crippen molar-refractivity contribution >= 4 is 16.7 Å². The highest BCUT2D eigenvalue weighted by Gasteiger charge is 2.44. The Balaban J connectivity index is 1.76. The number of aliphatic hydroxyl groups excluding tert-OH is 4. The fourth-order valence-corrected chi connectivity index (χ4v) is 3.68. The molecule has 0 bridgehead atoms. The summed E-state index contributed by atoms with van der Waals surface area (Å²) in [6, 6.07) is 4.62. The van der Waals surface area contributed by atoms with Crippen molar-refractivity contribution in [2.75, 3.05) is 11.9 Å². The minimum Gasteiger partial charge on any atom is -0.464 e. The summed E-state index contributed by atoms with van der Waals surface area (Å²) >= 11 is 0. The molecule has 3 aromatic rings. The van der Waals surface area contributed by atoms with Crippen molar-refractivity contribution in [3.8, 4) is 11.3 Å². The SMILES string of the molecule is O=c1oc2cc(NC3C(O)OC(CO)[C@H](O)C3O)ccc2c(C(F)(F)F)c1-c1ccco1. The van der Waals surface area contributed by atoms with Gasteiger partial charge in [0.1, 0.15) is 41.3 Å². The number of fused-ring (bicyclic) bond motifs is 1. The van der Waals surface area contributed by atoms with Crippen molar-refractivity contribution in [2.24, 2.45) is 0 Å². The van der Waals surface area contributed by atoms with Crippen LogP contribution in [0.3, 0.4) is 0 Å². The van der Waals surface area contributed by atoms with Gasteiger partial charge >= 0.3 is 11.8 Å². The predicted molar refractivity (Wildman–Crippen MR) is 103 cm³/mol. The van der Waals surface area contributed by atoms with Crippen LogP contribution in [-0.4, -0.2) is 57.7 Å². The second-order valence-electron chi connectivity index (χ2n) is 7.22. The van der Waals surface area contributed by atoms with Gasteiger partial charge in [-0.3, -0.25) is 0 Å². The van der Waals surface area contributed by atoms with Crippen molar-refractivity contribution in [3.63, 3.8) is 0 Å². The third-order valence-corrected chi connectivity index (χ3v) is 5.19. The number of halogens is 3. The number of furan rings is 1. The second kappa shape index (κ2) is 8.22. The van der Waals surface area contributed by atoms with Crippen molar-refractivity contribution in [2.45, 2.75) is 36.8 Å². The number of anilines is 1. The van der Waals surface area contributed by atoms with E-state index in [1.165, 1.54) is 18.2 Å². The zero-order valence-electron chi connectivity index (χ0n) is 16.1. The first-order valence-electron chi connectivity index (χ1n) is 9.41. The van der Waals surface area contributed by atoms with Gasteiger partial charge in [0.05, 0.1) is 18.4 Å². The minimum atomic E-state index is -4.90.